The Kier molecular flexibility index (Phi) is 4.04. The van der Waals surface area contributed by atoms with Crippen LogP contribution in [0.3, 0.4) is 0 Å². The highest BCUT2D eigenvalue weighted by Crippen LogP contribution is 2.18. The van der Waals surface area contributed by atoms with E-state index in [0.29, 0.717) is 5.95 Å². The minimum absolute atomic E-state index is 0.674. The predicted octanol–water partition coefficient (Wildman–Crippen LogP) is 2.75. The smallest absolute Gasteiger partial charge is 0.224 e. The van der Waals surface area contributed by atoms with Gasteiger partial charge in [0.25, 0.3) is 0 Å². The van der Waals surface area contributed by atoms with Crippen molar-refractivity contribution in [3.8, 4) is 0 Å². The molecular weight excluding hydrogens is 240 g/mol. The Morgan fingerprint density at radius 2 is 2.11 bits per heavy atom. The maximum atomic E-state index is 5.32. The second-order valence-corrected chi connectivity index (χ2v) is 4.58. The van der Waals surface area contributed by atoms with Gasteiger partial charge < -0.3 is 14.6 Å². The van der Waals surface area contributed by atoms with Gasteiger partial charge in [0.05, 0.1) is 6.26 Å². The van der Waals surface area contributed by atoms with E-state index in [2.05, 4.69) is 20.2 Å². The first-order valence-electron chi connectivity index (χ1n) is 6.43. The molecule has 0 spiro atoms. The molecule has 0 fully saturated rings. The molecule has 2 heterocycles. The SMILES string of the molecule is CCNc1nc(C)cc(N(C)Cc2ccoc2C)n1. The van der Waals surface area contributed by atoms with Crippen LogP contribution in [-0.4, -0.2) is 23.6 Å². The van der Waals surface area contributed by atoms with E-state index in [1.54, 1.807) is 6.26 Å². The number of furan rings is 1. The first kappa shape index (κ1) is 13.4. The third-order valence-corrected chi connectivity index (χ3v) is 2.94. The van der Waals surface area contributed by atoms with Crippen LogP contribution in [0.5, 0.6) is 0 Å². The zero-order valence-electron chi connectivity index (χ0n) is 11.9. The highest BCUT2D eigenvalue weighted by Gasteiger charge is 2.09. The number of anilines is 2. The van der Waals surface area contributed by atoms with Gasteiger partial charge in [-0.1, -0.05) is 0 Å². The molecule has 5 heteroatoms. The molecule has 1 N–H and O–H groups in total. The summed E-state index contributed by atoms with van der Waals surface area (Å²) in [5, 5.41) is 3.15. The van der Waals surface area contributed by atoms with Crippen LogP contribution in [0.1, 0.15) is 23.9 Å². The van der Waals surface area contributed by atoms with Crippen LogP contribution in [0.25, 0.3) is 0 Å². The van der Waals surface area contributed by atoms with Gasteiger partial charge in [-0.3, -0.25) is 0 Å². The van der Waals surface area contributed by atoms with Crippen molar-refractivity contribution in [2.45, 2.75) is 27.3 Å². The highest BCUT2D eigenvalue weighted by molar-refractivity contribution is 5.44. The summed E-state index contributed by atoms with van der Waals surface area (Å²) in [4.78, 5) is 11.0. The lowest BCUT2D eigenvalue weighted by Gasteiger charge is -2.19. The lowest BCUT2D eigenvalue weighted by Crippen LogP contribution is -2.19. The van der Waals surface area contributed by atoms with Gasteiger partial charge in [0.1, 0.15) is 11.6 Å². The van der Waals surface area contributed by atoms with E-state index in [9.17, 15) is 0 Å². The number of hydrogen-bond donors (Lipinski definition) is 1. The monoisotopic (exact) mass is 260 g/mol. The predicted molar refractivity (Wildman–Crippen MR) is 76.5 cm³/mol. The number of aromatic nitrogens is 2. The molecule has 0 saturated carbocycles. The zero-order valence-corrected chi connectivity index (χ0v) is 11.9. The Morgan fingerprint density at radius 1 is 1.32 bits per heavy atom. The fourth-order valence-electron chi connectivity index (χ4n) is 1.90. The van der Waals surface area contributed by atoms with Gasteiger partial charge >= 0.3 is 0 Å². The van der Waals surface area contributed by atoms with Crippen molar-refractivity contribution in [1.82, 2.24) is 9.97 Å². The van der Waals surface area contributed by atoms with Gasteiger partial charge in [-0.2, -0.15) is 4.98 Å². The van der Waals surface area contributed by atoms with Crippen LogP contribution < -0.4 is 10.2 Å². The van der Waals surface area contributed by atoms with Crippen LogP contribution in [0.4, 0.5) is 11.8 Å². The van der Waals surface area contributed by atoms with E-state index in [4.69, 9.17) is 4.42 Å². The summed E-state index contributed by atoms with van der Waals surface area (Å²) in [6.45, 7) is 7.56. The van der Waals surface area contributed by atoms with Crippen molar-refractivity contribution in [1.29, 1.82) is 0 Å². The Balaban J connectivity index is 2.18. The molecule has 2 aromatic rings. The molecule has 19 heavy (non-hydrogen) atoms. The van der Waals surface area contributed by atoms with Crippen LogP contribution in [-0.2, 0) is 6.54 Å². The molecule has 0 aromatic carbocycles. The number of rotatable bonds is 5. The first-order chi connectivity index (χ1) is 9.10. The molecule has 0 bridgehead atoms. The van der Waals surface area contributed by atoms with Gasteiger partial charge in [-0.05, 0) is 26.8 Å². The number of aryl methyl sites for hydroxylation is 2. The number of nitrogens with one attached hydrogen (secondary N) is 1. The third-order valence-electron chi connectivity index (χ3n) is 2.94. The second-order valence-electron chi connectivity index (χ2n) is 4.58. The van der Waals surface area contributed by atoms with E-state index in [1.165, 1.54) is 5.56 Å². The van der Waals surface area contributed by atoms with Gasteiger partial charge in [-0.25, -0.2) is 4.98 Å². The summed E-state index contributed by atoms with van der Waals surface area (Å²) in [6.07, 6.45) is 1.72. The molecule has 0 unspecified atom stereocenters. The van der Waals surface area contributed by atoms with Crippen molar-refractivity contribution >= 4 is 11.8 Å². The topological polar surface area (TPSA) is 54.2 Å². The maximum absolute atomic E-state index is 5.32. The Hall–Kier alpha value is -2.04. The Bertz CT molecular complexity index is 550. The molecule has 2 aromatic heterocycles. The molecular formula is C14H20N4O. The van der Waals surface area contributed by atoms with Gasteiger partial charge in [0.15, 0.2) is 0 Å². The molecule has 0 aliphatic carbocycles. The van der Waals surface area contributed by atoms with E-state index in [1.807, 2.05) is 40.0 Å². The maximum Gasteiger partial charge on any atom is 0.224 e. The molecule has 0 aliphatic rings. The molecule has 2 rings (SSSR count). The average Bonchev–Trinajstić information content (AvgIpc) is 2.75. The van der Waals surface area contributed by atoms with Crippen LogP contribution in [0.2, 0.25) is 0 Å². The van der Waals surface area contributed by atoms with E-state index >= 15 is 0 Å². The Labute approximate surface area is 113 Å². The van der Waals surface area contributed by atoms with Gasteiger partial charge in [0, 0.05) is 37.5 Å². The van der Waals surface area contributed by atoms with Crippen LogP contribution in [0.15, 0.2) is 22.8 Å². The van der Waals surface area contributed by atoms with Crippen molar-refractivity contribution in [3.05, 3.63) is 35.4 Å². The first-order valence-corrected chi connectivity index (χ1v) is 6.43. The zero-order chi connectivity index (χ0) is 13.8. The normalized spacial score (nSPS) is 10.5. The van der Waals surface area contributed by atoms with Crippen molar-refractivity contribution in [3.63, 3.8) is 0 Å². The standard InChI is InChI=1S/C14H20N4O/c1-5-15-14-16-10(2)8-13(17-14)18(4)9-12-6-7-19-11(12)3/h6-8H,5,9H2,1-4H3,(H,15,16,17). The quantitative estimate of drug-likeness (QED) is 0.895. The summed E-state index contributed by atoms with van der Waals surface area (Å²) in [7, 11) is 2.02. The summed E-state index contributed by atoms with van der Waals surface area (Å²) in [5.74, 6) is 2.53. The lowest BCUT2D eigenvalue weighted by atomic mass is 10.2. The fourth-order valence-corrected chi connectivity index (χ4v) is 1.90. The molecule has 0 aliphatic heterocycles. The van der Waals surface area contributed by atoms with E-state index < -0.39 is 0 Å². The van der Waals surface area contributed by atoms with Gasteiger partial charge in [0.2, 0.25) is 5.95 Å². The molecule has 5 nitrogen and oxygen atoms in total. The van der Waals surface area contributed by atoms with Gasteiger partial charge in [-0.15, -0.1) is 0 Å². The largest absolute Gasteiger partial charge is 0.469 e. The molecule has 0 atom stereocenters. The Morgan fingerprint density at radius 3 is 2.74 bits per heavy atom. The third kappa shape index (κ3) is 3.24. The average molecular weight is 260 g/mol. The summed E-state index contributed by atoms with van der Waals surface area (Å²) in [6, 6.07) is 3.97. The van der Waals surface area contributed by atoms with Crippen molar-refractivity contribution < 1.29 is 4.42 Å². The second kappa shape index (κ2) is 5.73. The molecule has 0 amide bonds. The summed E-state index contributed by atoms with van der Waals surface area (Å²) < 4.78 is 5.32. The summed E-state index contributed by atoms with van der Waals surface area (Å²) >= 11 is 0. The van der Waals surface area contributed by atoms with E-state index in [-0.39, 0.29) is 0 Å². The molecule has 0 saturated heterocycles. The van der Waals surface area contributed by atoms with Crippen LogP contribution in [0, 0.1) is 13.8 Å². The minimum Gasteiger partial charge on any atom is -0.469 e. The number of hydrogen-bond acceptors (Lipinski definition) is 5. The van der Waals surface area contributed by atoms with Crippen molar-refractivity contribution in [2.75, 3.05) is 23.8 Å². The van der Waals surface area contributed by atoms with Crippen LogP contribution >= 0.6 is 0 Å². The minimum atomic E-state index is 0.674. The van der Waals surface area contributed by atoms with Crippen molar-refractivity contribution in [2.24, 2.45) is 0 Å². The summed E-state index contributed by atoms with van der Waals surface area (Å²) in [5.41, 5.74) is 2.13. The number of nitrogens with zero attached hydrogens (tertiary/aromatic N) is 3. The molecule has 102 valence electrons. The highest BCUT2D eigenvalue weighted by atomic mass is 16.3. The lowest BCUT2D eigenvalue weighted by molar-refractivity contribution is 0.529. The van der Waals surface area contributed by atoms with E-state index in [0.717, 1.165) is 30.4 Å². The molecule has 0 radical (unpaired) electrons. The fraction of sp³-hybridized carbons (Fsp3) is 0.429.